The van der Waals surface area contributed by atoms with E-state index in [0.29, 0.717) is 10.2 Å². The summed E-state index contributed by atoms with van der Waals surface area (Å²) in [6.45, 7) is 0. The molecular weight excluding hydrogens is 234 g/mol. The average Bonchev–Trinajstić information content (AvgIpc) is 2.76. The highest BCUT2D eigenvalue weighted by Gasteiger charge is 2.19. The Morgan fingerprint density at radius 2 is 2.25 bits per heavy atom. The second-order valence-corrected chi connectivity index (χ2v) is 3.96. The second-order valence-electron chi connectivity index (χ2n) is 3.00. The first-order valence-electron chi connectivity index (χ1n) is 4.24. The number of tetrazole rings is 1. The number of imidazole rings is 1. The molecule has 0 amide bonds. The fraction of sp³-hybridized carbons (Fsp3) is 0.333. The molecule has 0 saturated carbocycles. The molecule has 0 spiro atoms. The molecule has 10 heteroatoms. The van der Waals surface area contributed by atoms with Gasteiger partial charge in [0, 0.05) is 14.1 Å². The number of aryl methyl sites for hydroxylation is 2. The molecule has 0 saturated heterocycles. The lowest BCUT2D eigenvalue weighted by atomic mass is 10.8. The summed E-state index contributed by atoms with van der Waals surface area (Å²) in [7, 11) is 3.39. The summed E-state index contributed by atoms with van der Waals surface area (Å²) in [6.07, 6.45) is 1.44. The fourth-order valence-corrected chi connectivity index (χ4v) is 1.93. The zero-order valence-corrected chi connectivity index (χ0v) is 9.34. The largest absolute Gasteiger partial charge is 0.594 e. The summed E-state index contributed by atoms with van der Waals surface area (Å²) < 4.78 is 3.08. The van der Waals surface area contributed by atoms with E-state index < -0.39 is 5.23 Å². The van der Waals surface area contributed by atoms with Gasteiger partial charge in [-0.3, -0.25) is 0 Å². The summed E-state index contributed by atoms with van der Waals surface area (Å²) in [6, 6.07) is 0. The third-order valence-electron chi connectivity index (χ3n) is 1.85. The molecular formula is C6H9N7O2S. The van der Waals surface area contributed by atoms with Gasteiger partial charge in [0.25, 0.3) is 5.82 Å². The molecule has 2 N–H and O–H groups in total. The number of hydrogen-bond acceptors (Lipinski definition) is 7. The van der Waals surface area contributed by atoms with Gasteiger partial charge < -0.3 is 9.77 Å². The van der Waals surface area contributed by atoms with Crippen LogP contribution in [0.4, 0.5) is 5.82 Å². The zero-order valence-electron chi connectivity index (χ0n) is 8.52. The Labute approximate surface area is 94.2 Å². The van der Waals surface area contributed by atoms with Gasteiger partial charge in [0.1, 0.15) is 6.33 Å². The van der Waals surface area contributed by atoms with E-state index in [0.717, 1.165) is 11.8 Å². The molecule has 16 heavy (non-hydrogen) atoms. The maximum Gasteiger partial charge on any atom is 0.291 e. The van der Waals surface area contributed by atoms with Crippen LogP contribution >= 0.6 is 11.8 Å². The van der Waals surface area contributed by atoms with Crippen molar-refractivity contribution in [1.29, 1.82) is 0 Å². The molecule has 0 radical (unpaired) electrons. The van der Waals surface area contributed by atoms with Gasteiger partial charge in [0.2, 0.25) is 5.16 Å². The molecule has 9 nitrogen and oxygen atoms in total. The first kappa shape index (κ1) is 11.0. The van der Waals surface area contributed by atoms with Crippen LogP contribution in [0.5, 0.6) is 0 Å². The van der Waals surface area contributed by atoms with Crippen LogP contribution in [0.25, 0.3) is 0 Å². The molecule has 0 aliphatic carbocycles. The topological polar surface area (TPSA) is 109 Å². The Hall–Kier alpha value is -1.49. The Kier molecular flexibility index (Phi) is 2.87. The van der Waals surface area contributed by atoms with E-state index in [9.17, 15) is 5.21 Å². The molecule has 2 heterocycles. The van der Waals surface area contributed by atoms with Crippen LogP contribution in [0.15, 0.2) is 16.5 Å². The third-order valence-corrected chi connectivity index (χ3v) is 3.06. The molecule has 0 bridgehead atoms. The Morgan fingerprint density at radius 1 is 1.50 bits per heavy atom. The number of hydrogen-bond donors (Lipinski definition) is 2. The maximum absolute atomic E-state index is 10.9. The lowest BCUT2D eigenvalue weighted by Crippen LogP contribution is -2.99. The van der Waals surface area contributed by atoms with Gasteiger partial charge in [-0.2, -0.15) is 10.2 Å². The van der Waals surface area contributed by atoms with Crippen LogP contribution in [0.1, 0.15) is 0 Å². The standard InChI is InChI=1S/C6H9N7O2S/c1-11-3-7-4(13(14)15)5(11)16-6-8-9-10-12(6)2/h3,13-14H,1-2H3. The predicted octanol–water partition coefficient (Wildman–Crippen LogP) is -1.50. The minimum absolute atomic E-state index is 0.00417. The zero-order chi connectivity index (χ0) is 11.7. The Morgan fingerprint density at radius 3 is 2.81 bits per heavy atom. The summed E-state index contributed by atoms with van der Waals surface area (Å²) in [5.74, 6) is -0.00417. The lowest BCUT2D eigenvalue weighted by Gasteiger charge is -2.10. The summed E-state index contributed by atoms with van der Waals surface area (Å²) in [5.41, 5.74) is 0. The highest BCUT2D eigenvalue weighted by Crippen LogP contribution is 2.28. The van der Waals surface area contributed by atoms with Crippen molar-refractivity contribution in [3.63, 3.8) is 0 Å². The Bertz CT molecular complexity index is 493. The van der Waals surface area contributed by atoms with Crippen molar-refractivity contribution in [3.8, 4) is 0 Å². The second kappa shape index (κ2) is 4.17. The molecule has 2 aromatic heterocycles. The smallest absolute Gasteiger partial charge is 0.291 e. The number of nitrogens with zero attached hydrogens (tertiary/aromatic N) is 6. The summed E-state index contributed by atoms with van der Waals surface area (Å²) >= 11 is 1.16. The predicted molar refractivity (Wildman–Crippen MR) is 51.9 cm³/mol. The van der Waals surface area contributed by atoms with Crippen molar-refractivity contribution in [3.05, 3.63) is 11.5 Å². The van der Waals surface area contributed by atoms with E-state index in [2.05, 4.69) is 20.5 Å². The van der Waals surface area contributed by atoms with Gasteiger partial charge in [0.05, 0.1) is 0 Å². The van der Waals surface area contributed by atoms with E-state index in [4.69, 9.17) is 5.21 Å². The number of quaternary nitrogens is 1. The molecule has 2 rings (SSSR count). The minimum atomic E-state index is -1.07. The van der Waals surface area contributed by atoms with Crippen LogP contribution in [-0.4, -0.2) is 35.0 Å². The van der Waals surface area contributed by atoms with E-state index in [1.54, 1.807) is 18.7 Å². The Balaban J connectivity index is 2.34. The molecule has 86 valence electrons. The number of rotatable bonds is 3. The minimum Gasteiger partial charge on any atom is -0.594 e. The van der Waals surface area contributed by atoms with Gasteiger partial charge in [-0.25, -0.2) is 9.89 Å². The quantitative estimate of drug-likeness (QED) is 0.631. The van der Waals surface area contributed by atoms with Crippen molar-refractivity contribution in [1.82, 2.24) is 29.8 Å². The van der Waals surface area contributed by atoms with Crippen molar-refractivity contribution >= 4 is 17.6 Å². The summed E-state index contributed by atoms with van der Waals surface area (Å²) in [5, 5.41) is 30.6. The average molecular weight is 243 g/mol. The maximum atomic E-state index is 10.9. The number of aromatic nitrogens is 6. The van der Waals surface area contributed by atoms with Crippen LogP contribution in [0, 0.1) is 5.21 Å². The van der Waals surface area contributed by atoms with Gasteiger partial charge in [-0.1, -0.05) is 0 Å². The van der Waals surface area contributed by atoms with Crippen molar-refractivity contribution in [2.24, 2.45) is 14.1 Å². The molecule has 2 aromatic rings. The van der Waals surface area contributed by atoms with Crippen LogP contribution in [-0.2, 0) is 14.1 Å². The normalized spacial score (nSPS) is 13.0. The van der Waals surface area contributed by atoms with E-state index in [1.807, 2.05) is 0 Å². The SMILES string of the molecule is Cn1cnc([NH+]([O-])O)c1Sc1nnnn1C. The molecule has 0 fully saturated rings. The van der Waals surface area contributed by atoms with E-state index in [-0.39, 0.29) is 5.82 Å². The lowest BCUT2D eigenvalue weighted by molar-refractivity contribution is -0.994. The third kappa shape index (κ3) is 1.90. The highest BCUT2D eigenvalue weighted by atomic mass is 32.2. The van der Waals surface area contributed by atoms with Crippen molar-refractivity contribution < 1.29 is 10.4 Å². The fourth-order valence-electron chi connectivity index (χ4n) is 1.08. The molecule has 1 unspecified atom stereocenters. The molecule has 0 aliphatic rings. The summed E-state index contributed by atoms with van der Waals surface area (Å²) in [4.78, 5) is 3.79. The van der Waals surface area contributed by atoms with Gasteiger partial charge in [-0.05, 0) is 22.2 Å². The van der Waals surface area contributed by atoms with Crippen LogP contribution in [0.2, 0.25) is 0 Å². The van der Waals surface area contributed by atoms with E-state index in [1.165, 1.54) is 11.0 Å². The molecule has 0 aromatic carbocycles. The first-order valence-corrected chi connectivity index (χ1v) is 5.06. The number of nitrogens with one attached hydrogen (secondary N) is 1. The molecule has 1 atom stereocenters. The highest BCUT2D eigenvalue weighted by molar-refractivity contribution is 7.99. The van der Waals surface area contributed by atoms with Gasteiger partial charge >= 0.3 is 0 Å². The first-order chi connectivity index (χ1) is 7.59. The van der Waals surface area contributed by atoms with Crippen LogP contribution in [0.3, 0.4) is 0 Å². The van der Waals surface area contributed by atoms with E-state index >= 15 is 0 Å². The van der Waals surface area contributed by atoms with Gasteiger partial charge in [-0.15, -0.1) is 5.10 Å². The van der Waals surface area contributed by atoms with Crippen molar-refractivity contribution in [2.75, 3.05) is 0 Å². The van der Waals surface area contributed by atoms with Gasteiger partial charge in [0.15, 0.2) is 5.03 Å². The van der Waals surface area contributed by atoms with Crippen molar-refractivity contribution in [2.45, 2.75) is 10.2 Å². The van der Waals surface area contributed by atoms with Crippen LogP contribution < -0.4 is 5.23 Å². The molecule has 0 aliphatic heterocycles. The monoisotopic (exact) mass is 243 g/mol.